The van der Waals surface area contributed by atoms with Crippen molar-refractivity contribution < 1.29 is 9.53 Å². The summed E-state index contributed by atoms with van der Waals surface area (Å²) in [5.74, 6) is 0.499. The number of ether oxygens (including phenoxy) is 1. The van der Waals surface area contributed by atoms with Crippen LogP contribution in [0.5, 0.6) is 0 Å². The van der Waals surface area contributed by atoms with Gasteiger partial charge in [-0.05, 0) is 44.4 Å². The molecule has 0 aromatic heterocycles. The van der Waals surface area contributed by atoms with Gasteiger partial charge in [0.25, 0.3) is 0 Å². The summed E-state index contributed by atoms with van der Waals surface area (Å²) < 4.78 is 5.17. The van der Waals surface area contributed by atoms with Crippen LogP contribution in [0.15, 0.2) is 24.3 Å². The van der Waals surface area contributed by atoms with Crippen LogP contribution in [0.25, 0.3) is 0 Å². The van der Waals surface area contributed by atoms with Crippen molar-refractivity contribution in [2.45, 2.75) is 51.9 Å². The zero-order valence-corrected chi connectivity index (χ0v) is 10.9. The number of allylic oxidation sites excluding steroid dienone is 3. The summed E-state index contributed by atoms with van der Waals surface area (Å²) in [6.45, 7) is 2.76. The first-order chi connectivity index (χ1) is 8.29. The molecule has 0 aromatic carbocycles. The normalized spacial score (nSPS) is 24.8. The highest BCUT2D eigenvalue weighted by Crippen LogP contribution is 2.10. The molecule has 0 aliphatic carbocycles. The van der Waals surface area contributed by atoms with E-state index in [0.717, 1.165) is 19.3 Å². The second kappa shape index (κ2) is 9.03. The van der Waals surface area contributed by atoms with Crippen LogP contribution >= 0.6 is 0 Å². The van der Waals surface area contributed by atoms with E-state index in [1.807, 2.05) is 6.08 Å². The summed E-state index contributed by atoms with van der Waals surface area (Å²) in [6, 6.07) is 0. The lowest BCUT2D eigenvalue weighted by Crippen LogP contribution is -2.07. The average Bonchev–Trinajstić information content (AvgIpc) is 2.31. The highest BCUT2D eigenvalue weighted by molar-refractivity contribution is 5.71. The molecule has 1 unspecified atom stereocenters. The minimum atomic E-state index is -0.0983. The molecule has 1 aliphatic rings. The molecule has 1 heterocycles. The molecule has 0 saturated carbocycles. The Balaban J connectivity index is 2.36. The van der Waals surface area contributed by atoms with E-state index in [9.17, 15) is 4.79 Å². The van der Waals surface area contributed by atoms with Gasteiger partial charge in [0.05, 0.1) is 13.0 Å². The maximum atomic E-state index is 11.3. The fourth-order valence-electron chi connectivity index (χ4n) is 1.82. The smallest absolute Gasteiger partial charge is 0.309 e. The van der Waals surface area contributed by atoms with Crippen LogP contribution in [-0.4, -0.2) is 12.6 Å². The van der Waals surface area contributed by atoms with Crippen LogP contribution in [0.2, 0.25) is 0 Å². The summed E-state index contributed by atoms with van der Waals surface area (Å²) in [4.78, 5) is 11.3. The Hall–Kier alpha value is -1.05. The third-order valence-electron chi connectivity index (χ3n) is 3.02. The molecule has 0 aromatic rings. The molecule has 0 spiro atoms. The van der Waals surface area contributed by atoms with E-state index in [4.69, 9.17) is 4.74 Å². The monoisotopic (exact) mass is 236 g/mol. The topological polar surface area (TPSA) is 26.3 Å². The molecule has 1 rings (SSSR count). The molecule has 2 heteroatoms. The first kappa shape index (κ1) is 14.0. The van der Waals surface area contributed by atoms with Crippen molar-refractivity contribution in [1.82, 2.24) is 0 Å². The number of esters is 1. The van der Waals surface area contributed by atoms with Gasteiger partial charge in [0.15, 0.2) is 0 Å². The third-order valence-corrected chi connectivity index (χ3v) is 3.02. The summed E-state index contributed by atoms with van der Waals surface area (Å²) in [7, 11) is 0. The van der Waals surface area contributed by atoms with E-state index in [1.165, 1.54) is 19.3 Å². The SMILES string of the molecule is CC1CC=CCCCCC=CCC(=O)OCC1. The standard InChI is InChI=1S/C15H24O2/c1-14-10-8-6-4-2-3-5-7-9-11-15(16)17-13-12-14/h6-9,14H,2-5,10-13H2,1H3. The Kier molecular flexibility index (Phi) is 7.44. The van der Waals surface area contributed by atoms with Gasteiger partial charge in [-0.3, -0.25) is 4.79 Å². The maximum absolute atomic E-state index is 11.3. The Morgan fingerprint density at radius 2 is 1.82 bits per heavy atom. The molecule has 0 bridgehead atoms. The zero-order chi connectivity index (χ0) is 12.3. The van der Waals surface area contributed by atoms with E-state index in [2.05, 4.69) is 25.2 Å². The molecule has 17 heavy (non-hydrogen) atoms. The number of hydrogen-bond donors (Lipinski definition) is 0. The summed E-state index contributed by atoms with van der Waals surface area (Å²) in [5, 5.41) is 0. The van der Waals surface area contributed by atoms with Crippen molar-refractivity contribution in [2.75, 3.05) is 6.61 Å². The van der Waals surface area contributed by atoms with Gasteiger partial charge in [-0.25, -0.2) is 0 Å². The maximum Gasteiger partial charge on any atom is 0.309 e. The first-order valence-electron chi connectivity index (χ1n) is 6.74. The van der Waals surface area contributed by atoms with E-state index < -0.39 is 0 Å². The van der Waals surface area contributed by atoms with Crippen molar-refractivity contribution in [3.63, 3.8) is 0 Å². The molecule has 0 amide bonds. The average molecular weight is 236 g/mol. The molecule has 96 valence electrons. The van der Waals surface area contributed by atoms with E-state index in [-0.39, 0.29) is 5.97 Å². The Morgan fingerprint density at radius 3 is 2.59 bits per heavy atom. The highest BCUT2D eigenvalue weighted by Gasteiger charge is 2.03. The number of cyclic esters (lactones) is 1. The van der Waals surface area contributed by atoms with E-state index in [1.54, 1.807) is 0 Å². The second-order valence-electron chi connectivity index (χ2n) is 4.78. The van der Waals surface area contributed by atoms with Gasteiger partial charge >= 0.3 is 5.97 Å². The van der Waals surface area contributed by atoms with Crippen molar-refractivity contribution in [3.8, 4) is 0 Å². The number of hydrogen-bond acceptors (Lipinski definition) is 2. The van der Waals surface area contributed by atoms with Gasteiger partial charge in [0.2, 0.25) is 0 Å². The van der Waals surface area contributed by atoms with E-state index in [0.29, 0.717) is 18.9 Å². The fraction of sp³-hybridized carbons (Fsp3) is 0.667. The van der Waals surface area contributed by atoms with Gasteiger partial charge in [0, 0.05) is 0 Å². The lowest BCUT2D eigenvalue weighted by molar-refractivity contribution is -0.142. The highest BCUT2D eigenvalue weighted by atomic mass is 16.5. The first-order valence-corrected chi connectivity index (χ1v) is 6.74. The number of carbonyl (C=O) groups excluding carboxylic acids is 1. The minimum Gasteiger partial charge on any atom is -0.465 e. The lowest BCUT2D eigenvalue weighted by Gasteiger charge is -2.08. The molecule has 0 fully saturated rings. The number of carbonyl (C=O) groups is 1. The molecule has 1 aliphatic heterocycles. The Labute approximate surface area is 105 Å². The number of rotatable bonds is 0. The van der Waals surface area contributed by atoms with Crippen LogP contribution in [0.1, 0.15) is 51.9 Å². The van der Waals surface area contributed by atoms with Gasteiger partial charge in [-0.1, -0.05) is 31.2 Å². The molecular weight excluding hydrogens is 212 g/mol. The summed E-state index contributed by atoms with van der Waals surface area (Å²) in [5.41, 5.74) is 0. The van der Waals surface area contributed by atoms with Crippen molar-refractivity contribution in [2.24, 2.45) is 5.92 Å². The van der Waals surface area contributed by atoms with Crippen LogP contribution in [-0.2, 0) is 9.53 Å². The quantitative estimate of drug-likeness (QED) is 0.469. The third kappa shape index (κ3) is 7.78. The van der Waals surface area contributed by atoms with E-state index >= 15 is 0 Å². The molecular formula is C15H24O2. The lowest BCUT2D eigenvalue weighted by atomic mass is 10.0. The van der Waals surface area contributed by atoms with Crippen molar-refractivity contribution in [1.29, 1.82) is 0 Å². The van der Waals surface area contributed by atoms with Crippen molar-refractivity contribution in [3.05, 3.63) is 24.3 Å². The van der Waals surface area contributed by atoms with Gasteiger partial charge in [-0.2, -0.15) is 0 Å². The molecule has 0 radical (unpaired) electrons. The Bertz CT molecular complexity index is 266. The van der Waals surface area contributed by atoms with Gasteiger partial charge in [-0.15, -0.1) is 0 Å². The van der Waals surface area contributed by atoms with Crippen LogP contribution in [0, 0.1) is 5.92 Å². The van der Waals surface area contributed by atoms with Gasteiger partial charge < -0.3 is 4.74 Å². The summed E-state index contributed by atoms with van der Waals surface area (Å²) >= 11 is 0. The van der Waals surface area contributed by atoms with Crippen molar-refractivity contribution >= 4 is 5.97 Å². The molecule has 1 atom stereocenters. The zero-order valence-electron chi connectivity index (χ0n) is 10.9. The van der Waals surface area contributed by atoms with Gasteiger partial charge in [0.1, 0.15) is 0 Å². The summed E-state index contributed by atoms with van der Waals surface area (Å²) in [6.07, 6.45) is 15.7. The predicted molar refractivity (Wildman–Crippen MR) is 70.7 cm³/mol. The predicted octanol–water partition coefficient (Wildman–Crippen LogP) is 4.02. The molecule has 2 nitrogen and oxygen atoms in total. The van der Waals surface area contributed by atoms with Crippen LogP contribution < -0.4 is 0 Å². The minimum absolute atomic E-state index is 0.0983. The molecule has 0 N–H and O–H groups in total. The second-order valence-corrected chi connectivity index (χ2v) is 4.78. The van der Waals surface area contributed by atoms with Crippen LogP contribution in [0.3, 0.4) is 0 Å². The Morgan fingerprint density at radius 1 is 1.12 bits per heavy atom. The fourth-order valence-corrected chi connectivity index (χ4v) is 1.82. The molecule has 0 saturated heterocycles. The largest absolute Gasteiger partial charge is 0.465 e. The van der Waals surface area contributed by atoms with Crippen LogP contribution in [0.4, 0.5) is 0 Å².